The van der Waals surface area contributed by atoms with Gasteiger partial charge in [0.2, 0.25) is 5.91 Å². The van der Waals surface area contributed by atoms with Crippen LogP contribution in [0.2, 0.25) is 0 Å². The van der Waals surface area contributed by atoms with Crippen molar-refractivity contribution in [1.29, 1.82) is 0 Å². The molecule has 4 rings (SSSR count). The number of nitrogens with one attached hydrogen (secondary N) is 2. The summed E-state index contributed by atoms with van der Waals surface area (Å²) in [4.78, 5) is 21.4. The largest absolute Gasteiger partial charge is 0.348 e. The molecule has 154 valence electrons. The fourth-order valence-corrected chi connectivity index (χ4v) is 5.57. The van der Waals surface area contributed by atoms with Gasteiger partial charge in [0.15, 0.2) is 0 Å². The standard InChI is InChI=1S/C23H30N4OS/c1-17(2)15-20(22-25-18-7-3-4-8-19(18)26-22)24-21(28)16-23(9-13-29-14-10-23)27-11-5-6-12-27/h3-8,11-12,17,20H,9-10,13-16H2,1-2H3,(H,24,28)(H,25,26)/t20-/m1/s1. The first-order valence-electron chi connectivity index (χ1n) is 10.5. The lowest BCUT2D eigenvalue weighted by Gasteiger charge is -2.38. The summed E-state index contributed by atoms with van der Waals surface area (Å²) < 4.78 is 2.25. The van der Waals surface area contributed by atoms with Crippen molar-refractivity contribution in [3.63, 3.8) is 0 Å². The van der Waals surface area contributed by atoms with Crippen molar-refractivity contribution in [3.8, 4) is 0 Å². The Kier molecular flexibility index (Phi) is 5.99. The Morgan fingerprint density at radius 1 is 1.21 bits per heavy atom. The summed E-state index contributed by atoms with van der Waals surface area (Å²) in [5.41, 5.74) is 1.84. The van der Waals surface area contributed by atoms with Crippen molar-refractivity contribution < 1.29 is 4.79 Å². The fourth-order valence-electron chi connectivity index (χ4n) is 4.32. The number of nitrogens with zero attached hydrogens (tertiary/aromatic N) is 2. The SMILES string of the molecule is CC(C)C[C@@H](NC(=O)CC1(n2cccc2)CCSCC1)c1nc2ccccc2[nH]1. The van der Waals surface area contributed by atoms with Crippen molar-refractivity contribution in [2.45, 2.75) is 51.1 Å². The van der Waals surface area contributed by atoms with Crippen LogP contribution in [0.1, 0.15) is 51.4 Å². The van der Waals surface area contributed by atoms with Gasteiger partial charge in [-0.1, -0.05) is 26.0 Å². The third-order valence-electron chi connectivity index (χ3n) is 5.85. The molecule has 1 fully saturated rings. The molecule has 0 saturated carbocycles. The van der Waals surface area contributed by atoms with Crippen molar-refractivity contribution >= 4 is 28.7 Å². The number of para-hydroxylation sites is 2. The number of rotatable bonds is 7. The maximum absolute atomic E-state index is 13.2. The van der Waals surface area contributed by atoms with E-state index < -0.39 is 0 Å². The predicted octanol–water partition coefficient (Wildman–Crippen LogP) is 4.88. The molecule has 0 bridgehead atoms. The number of H-pyrrole nitrogens is 1. The zero-order valence-electron chi connectivity index (χ0n) is 17.2. The molecule has 3 aromatic rings. The average Bonchev–Trinajstić information content (AvgIpc) is 3.38. The zero-order valence-corrected chi connectivity index (χ0v) is 18.0. The summed E-state index contributed by atoms with van der Waals surface area (Å²) in [6.07, 6.45) is 7.63. The Morgan fingerprint density at radius 2 is 1.93 bits per heavy atom. The van der Waals surface area contributed by atoms with E-state index in [0.29, 0.717) is 12.3 Å². The molecule has 1 atom stereocenters. The van der Waals surface area contributed by atoms with Gasteiger partial charge in [0.1, 0.15) is 5.82 Å². The van der Waals surface area contributed by atoms with Crippen molar-refractivity contribution in [1.82, 2.24) is 19.9 Å². The highest BCUT2D eigenvalue weighted by Crippen LogP contribution is 2.37. The molecule has 0 aliphatic carbocycles. The average molecular weight is 411 g/mol. The van der Waals surface area contributed by atoms with Gasteiger partial charge in [-0.3, -0.25) is 4.79 Å². The Morgan fingerprint density at radius 3 is 2.62 bits per heavy atom. The molecule has 0 spiro atoms. The smallest absolute Gasteiger partial charge is 0.222 e. The van der Waals surface area contributed by atoms with Crippen LogP contribution >= 0.6 is 11.8 Å². The van der Waals surface area contributed by atoms with Crippen LogP contribution in [-0.4, -0.2) is 31.9 Å². The molecule has 29 heavy (non-hydrogen) atoms. The summed E-state index contributed by atoms with van der Waals surface area (Å²) in [6, 6.07) is 12.0. The van der Waals surface area contributed by atoms with E-state index in [4.69, 9.17) is 4.98 Å². The van der Waals surface area contributed by atoms with Gasteiger partial charge in [-0.2, -0.15) is 11.8 Å². The molecule has 5 nitrogen and oxygen atoms in total. The summed E-state index contributed by atoms with van der Waals surface area (Å²) in [5, 5.41) is 3.31. The van der Waals surface area contributed by atoms with Gasteiger partial charge in [0, 0.05) is 12.4 Å². The third-order valence-corrected chi connectivity index (χ3v) is 6.83. The molecule has 2 aromatic heterocycles. The van der Waals surface area contributed by atoms with Crippen LogP contribution in [0.25, 0.3) is 11.0 Å². The molecule has 6 heteroatoms. The first kappa shape index (κ1) is 20.1. The summed E-state index contributed by atoms with van der Waals surface area (Å²) >= 11 is 1.98. The number of thioether (sulfide) groups is 1. The number of carbonyl (C=O) groups excluding carboxylic acids is 1. The Hall–Kier alpha value is -2.21. The van der Waals surface area contributed by atoms with E-state index in [0.717, 1.165) is 47.6 Å². The molecule has 0 unspecified atom stereocenters. The number of aromatic amines is 1. The molecule has 1 amide bonds. The van der Waals surface area contributed by atoms with Crippen LogP contribution in [-0.2, 0) is 10.3 Å². The van der Waals surface area contributed by atoms with Crippen molar-refractivity contribution in [2.24, 2.45) is 5.92 Å². The maximum atomic E-state index is 13.2. The fraction of sp³-hybridized carbons (Fsp3) is 0.478. The zero-order chi connectivity index (χ0) is 20.3. The molecule has 3 heterocycles. The Balaban J connectivity index is 1.54. The Labute approximate surface area is 176 Å². The van der Waals surface area contributed by atoms with E-state index in [1.807, 2.05) is 36.0 Å². The van der Waals surface area contributed by atoms with Gasteiger partial charge in [-0.05, 0) is 61.0 Å². The molecular formula is C23H30N4OS. The molecule has 1 aliphatic rings. The highest BCUT2D eigenvalue weighted by atomic mass is 32.2. The van der Waals surface area contributed by atoms with Gasteiger partial charge in [0.05, 0.1) is 29.0 Å². The van der Waals surface area contributed by atoms with Crippen LogP contribution in [0, 0.1) is 5.92 Å². The number of amides is 1. The summed E-state index contributed by atoms with van der Waals surface area (Å²) in [6.45, 7) is 4.36. The second kappa shape index (κ2) is 8.66. The van der Waals surface area contributed by atoms with E-state index in [2.05, 4.69) is 53.2 Å². The van der Waals surface area contributed by atoms with E-state index in [-0.39, 0.29) is 17.5 Å². The topological polar surface area (TPSA) is 62.7 Å². The number of benzene rings is 1. The predicted molar refractivity (Wildman–Crippen MR) is 120 cm³/mol. The van der Waals surface area contributed by atoms with E-state index in [1.165, 1.54) is 0 Å². The number of fused-ring (bicyclic) bond motifs is 1. The number of imidazole rings is 1. The van der Waals surface area contributed by atoms with Crippen LogP contribution in [0.5, 0.6) is 0 Å². The third kappa shape index (κ3) is 4.53. The monoisotopic (exact) mass is 410 g/mol. The number of aromatic nitrogens is 3. The molecule has 1 aliphatic heterocycles. The second-order valence-corrected chi connectivity index (χ2v) is 9.72. The summed E-state index contributed by atoms with van der Waals surface area (Å²) in [5.74, 6) is 3.62. The van der Waals surface area contributed by atoms with Gasteiger partial charge in [0.25, 0.3) is 0 Å². The van der Waals surface area contributed by atoms with Gasteiger partial charge in [-0.25, -0.2) is 4.98 Å². The van der Waals surface area contributed by atoms with Gasteiger partial charge in [-0.15, -0.1) is 0 Å². The van der Waals surface area contributed by atoms with E-state index in [9.17, 15) is 4.79 Å². The maximum Gasteiger partial charge on any atom is 0.222 e. The Bertz CT molecular complexity index is 908. The van der Waals surface area contributed by atoms with Crippen molar-refractivity contribution in [2.75, 3.05) is 11.5 Å². The lowest BCUT2D eigenvalue weighted by Crippen LogP contribution is -2.42. The number of carbonyl (C=O) groups is 1. The molecule has 1 aromatic carbocycles. The number of hydrogen-bond acceptors (Lipinski definition) is 3. The molecular weight excluding hydrogens is 380 g/mol. The minimum Gasteiger partial charge on any atom is -0.348 e. The highest BCUT2D eigenvalue weighted by Gasteiger charge is 2.36. The van der Waals surface area contributed by atoms with Crippen molar-refractivity contribution in [3.05, 3.63) is 54.6 Å². The lowest BCUT2D eigenvalue weighted by molar-refractivity contribution is -0.124. The van der Waals surface area contributed by atoms with Crippen LogP contribution in [0.15, 0.2) is 48.8 Å². The van der Waals surface area contributed by atoms with Crippen LogP contribution < -0.4 is 5.32 Å². The molecule has 2 N–H and O–H groups in total. The van der Waals surface area contributed by atoms with Crippen LogP contribution in [0.4, 0.5) is 0 Å². The summed E-state index contributed by atoms with van der Waals surface area (Å²) in [7, 11) is 0. The van der Waals surface area contributed by atoms with Gasteiger partial charge >= 0.3 is 0 Å². The number of hydrogen-bond donors (Lipinski definition) is 2. The quantitative estimate of drug-likeness (QED) is 0.583. The minimum absolute atomic E-state index is 0.102. The van der Waals surface area contributed by atoms with E-state index in [1.54, 1.807) is 0 Å². The van der Waals surface area contributed by atoms with Crippen LogP contribution in [0.3, 0.4) is 0 Å². The first-order valence-corrected chi connectivity index (χ1v) is 11.7. The highest BCUT2D eigenvalue weighted by molar-refractivity contribution is 7.99. The minimum atomic E-state index is -0.116. The normalized spacial score (nSPS) is 17.5. The first-order chi connectivity index (χ1) is 14.1. The lowest BCUT2D eigenvalue weighted by atomic mass is 9.87. The molecule has 1 saturated heterocycles. The molecule has 0 radical (unpaired) electrons. The van der Waals surface area contributed by atoms with E-state index >= 15 is 0 Å². The second-order valence-electron chi connectivity index (χ2n) is 8.49. The van der Waals surface area contributed by atoms with Gasteiger partial charge < -0.3 is 14.9 Å².